The second-order valence-corrected chi connectivity index (χ2v) is 2.31. The number of hydrogen-bond donors (Lipinski definition) is 0. The zero-order valence-electron chi connectivity index (χ0n) is 8.34. The molecule has 6 heteroatoms. The molecule has 78 valence electrons. The maximum absolute atomic E-state index is 9.75. The lowest BCUT2D eigenvalue weighted by Gasteiger charge is -1.94. The van der Waals surface area contributed by atoms with E-state index in [2.05, 4.69) is 11.6 Å². The molecule has 0 unspecified atom stereocenters. The van der Waals surface area contributed by atoms with Crippen molar-refractivity contribution < 1.29 is 18.7 Å². The van der Waals surface area contributed by atoms with E-state index >= 15 is 0 Å². The Morgan fingerprint density at radius 3 is 2.29 bits per heavy atom. The van der Waals surface area contributed by atoms with Crippen molar-refractivity contribution in [2.75, 3.05) is 0 Å². The molecule has 14 heavy (non-hydrogen) atoms. The minimum absolute atomic E-state index is 0. The highest BCUT2D eigenvalue weighted by molar-refractivity contribution is 6.50. The van der Waals surface area contributed by atoms with E-state index < -0.39 is 7.25 Å². The largest absolute Gasteiger partial charge is 1.00 e. The summed E-state index contributed by atoms with van der Waals surface area (Å²) in [4.78, 5) is 4.10. The van der Waals surface area contributed by atoms with Gasteiger partial charge in [0.15, 0.2) is 0 Å². The number of nitrogens with zero attached hydrogens (tertiary/aromatic N) is 1. The zero-order chi connectivity index (χ0) is 11.0. The van der Waals surface area contributed by atoms with Crippen molar-refractivity contribution in [3.05, 3.63) is 42.7 Å². The lowest BCUT2D eigenvalue weighted by molar-refractivity contribution is 0.368. The molecular weight excluding hydrogens is 197 g/mol. The minimum Gasteiger partial charge on any atom is -0.418 e. The summed E-state index contributed by atoms with van der Waals surface area (Å²) < 4.78 is 39.0. The van der Waals surface area contributed by atoms with Crippen molar-refractivity contribution in [3.63, 3.8) is 0 Å². The van der Waals surface area contributed by atoms with Crippen molar-refractivity contribution in [1.82, 2.24) is 4.98 Å². The smallest absolute Gasteiger partial charge is 0.418 e. The molecular formula is C8H10BF4N. The Hall–Kier alpha value is -1.33. The molecule has 1 heterocycles. The van der Waals surface area contributed by atoms with E-state index in [-0.39, 0.29) is 1.43 Å². The summed E-state index contributed by atoms with van der Waals surface area (Å²) >= 11 is 0. The van der Waals surface area contributed by atoms with Gasteiger partial charge < -0.3 is 17.3 Å². The van der Waals surface area contributed by atoms with Crippen molar-refractivity contribution >= 4 is 7.25 Å². The van der Waals surface area contributed by atoms with Crippen LogP contribution in [0.4, 0.5) is 17.3 Å². The molecule has 0 atom stereocenters. The molecule has 1 nitrogen and oxygen atoms in total. The van der Waals surface area contributed by atoms with Gasteiger partial charge in [0.05, 0.1) is 0 Å². The molecule has 1 aromatic rings. The summed E-state index contributed by atoms with van der Waals surface area (Å²) in [5.41, 5.74) is 1.08. The Kier molecular flexibility index (Phi) is 5.59. The summed E-state index contributed by atoms with van der Waals surface area (Å²) in [6.45, 7) is 3.62. The van der Waals surface area contributed by atoms with E-state index in [9.17, 15) is 17.3 Å². The van der Waals surface area contributed by atoms with Gasteiger partial charge in [-0.3, -0.25) is 4.98 Å². The second-order valence-electron chi connectivity index (χ2n) is 2.31. The summed E-state index contributed by atoms with van der Waals surface area (Å²) in [5.74, 6) is 0. The predicted molar refractivity (Wildman–Crippen MR) is 49.4 cm³/mol. The van der Waals surface area contributed by atoms with Gasteiger partial charge in [0, 0.05) is 18.3 Å². The molecule has 0 saturated heterocycles. The van der Waals surface area contributed by atoms with Gasteiger partial charge in [-0.05, 0) is 12.1 Å². The quantitative estimate of drug-likeness (QED) is 0.412. The second kappa shape index (κ2) is 6.18. The van der Waals surface area contributed by atoms with Crippen molar-refractivity contribution in [1.29, 1.82) is 0 Å². The summed E-state index contributed by atoms with van der Waals surface area (Å²) in [5, 5.41) is 0. The average molecular weight is 207 g/mol. The molecule has 0 aliphatic heterocycles. The van der Waals surface area contributed by atoms with Gasteiger partial charge in [-0.2, -0.15) is 0 Å². The third-order valence-corrected chi connectivity index (χ3v) is 1.08. The molecule has 0 aliphatic rings. The van der Waals surface area contributed by atoms with Gasteiger partial charge in [-0.15, -0.1) is 6.58 Å². The first-order chi connectivity index (χ1) is 6.43. The number of halogens is 4. The van der Waals surface area contributed by atoms with Crippen LogP contribution in [-0.4, -0.2) is 12.2 Å². The Balaban J connectivity index is 0. The first-order valence-corrected chi connectivity index (χ1v) is 3.81. The van der Waals surface area contributed by atoms with E-state index in [4.69, 9.17) is 0 Å². The summed E-state index contributed by atoms with van der Waals surface area (Å²) in [6.07, 6.45) is 4.50. The maximum Gasteiger partial charge on any atom is 1.00 e. The minimum atomic E-state index is -6.00. The van der Waals surface area contributed by atoms with Crippen LogP contribution in [0.1, 0.15) is 7.12 Å². The van der Waals surface area contributed by atoms with Gasteiger partial charge in [0.2, 0.25) is 0 Å². The normalized spacial score (nSPS) is 10.0. The van der Waals surface area contributed by atoms with Crippen LogP contribution >= 0.6 is 0 Å². The van der Waals surface area contributed by atoms with Crippen LogP contribution < -0.4 is 0 Å². The van der Waals surface area contributed by atoms with E-state index in [1.165, 1.54) is 0 Å². The highest BCUT2D eigenvalue weighted by Crippen LogP contribution is 2.06. The van der Waals surface area contributed by atoms with Gasteiger partial charge >= 0.3 is 8.68 Å². The molecule has 0 aromatic carbocycles. The number of hydrogen-bond acceptors (Lipinski definition) is 1. The SMILES string of the molecule is C=CCc1ccccn1.F[B-](F)(F)F.[H+]. The Morgan fingerprint density at radius 1 is 1.36 bits per heavy atom. The van der Waals surface area contributed by atoms with Crippen molar-refractivity contribution in [2.45, 2.75) is 6.42 Å². The van der Waals surface area contributed by atoms with Gasteiger partial charge in [0.25, 0.3) is 0 Å². The molecule has 0 saturated carbocycles. The van der Waals surface area contributed by atoms with Crippen LogP contribution in [0.25, 0.3) is 0 Å². The van der Waals surface area contributed by atoms with E-state index in [0.717, 1.165) is 12.1 Å². The number of aromatic nitrogens is 1. The van der Waals surface area contributed by atoms with E-state index in [1.54, 1.807) is 6.20 Å². The molecule has 1 aromatic heterocycles. The molecule has 0 aliphatic carbocycles. The fourth-order valence-electron chi connectivity index (χ4n) is 0.667. The number of allylic oxidation sites excluding steroid dienone is 1. The third-order valence-electron chi connectivity index (χ3n) is 1.08. The Labute approximate surface area is 81.1 Å². The monoisotopic (exact) mass is 207 g/mol. The van der Waals surface area contributed by atoms with E-state index in [0.29, 0.717) is 0 Å². The van der Waals surface area contributed by atoms with Crippen molar-refractivity contribution in [3.8, 4) is 0 Å². The molecule has 0 bridgehead atoms. The average Bonchev–Trinajstić information content (AvgIpc) is 2.03. The molecule has 0 N–H and O–H groups in total. The molecule has 1 rings (SSSR count). The molecule has 0 fully saturated rings. The lowest BCUT2D eigenvalue weighted by Crippen LogP contribution is -2.02. The zero-order valence-corrected chi connectivity index (χ0v) is 7.34. The van der Waals surface area contributed by atoms with Gasteiger partial charge in [-0.1, -0.05) is 12.1 Å². The maximum atomic E-state index is 9.75. The topological polar surface area (TPSA) is 12.9 Å². The molecule has 0 spiro atoms. The van der Waals surface area contributed by atoms with Crippen LogP contribution in [0.3, 0.4) is 0 Å². The highest BCUT2D eigenvalue weighted by Gasteiger charge is 2.20. The Morgan fingerprint density at radius 2 is 1.93 bits per heavy atom. The first-order valence-electron chi connectivity index (χ1n) is 3.81. The number of pyridine rings is 1. The van der Waals surface area contributed by atoms with E-state index in [1.807, 2.05) is 24.3 Å². The summed E-state index contributed by atoms with van der Waals surface area (Å²) in [6, 6.07) is 5.88. The summed E-state index contributed by atoms with van der Waals surface area (Å²) in [7, 11) is -6.00. The van der Waals surface area contributed by atoms with Crippen LogP contribution in [-0.2, 0) is 6.42 Å². The standard InChI is InChI=1S/C8H9N.BF4/c1-2-5-8-6-3-4-7-9-8;2-1(3,4)5/h2-4,6-7H,1,5H2;/q;-1/p+1. The third kappa shape index (κ3) is 10.7. The lowest BCUT2D eigenvalue weighted by atomic mass is 10.3. The highest BCUT2D eigenvalue weighted by atomic mass is 19.5. The molecule has 0 amide bonds. The van der Waals surface area contributed by atoms with Crippen molar-refractivity contribution in [2.24, 2.45) is 0 Å². The van der Waals surface area contributed by atoms with Gasteiger partial charge in [0.1, 0.15) is 0 Å². The first kappa shape index (κ1) is 12.7. The Bertz CT molecular complexity index is 259. The fourth-order valence-corrected chi connectivity index (χ4v) is 0.667. The van der Waals surface area contributed by atoms with Crippen LogP contribution in [0.15, 0.2) is 37.1 Å². The number of rotatable bonds is 2. The van der Waals surface area contributed by atoms with Crippen LogP contribution in [0, 0.1) is 0 Å². The fraction of sp³-hybridized carbons (Fsp3) is 0.125. The molecule has 0 radical (unpaired) electrons. The predicted octanol–water partition coefficient (Wildman–Crippen LogP) is 3.22. The van der Waals surface area contributed by atoms with Crippen LogP contribution in [0.5, 0.6) is 0 Å². The van der Waals surface area contributed by atoms with Gasteiger partial charge in [-0.25, -0.2) is 0 Å². The van der Waals surface area contributed by atoms with Crippen LogP contribution in [0.2, 0.25) is 0 Å².